The van der Waals surface area contributed by atoms with Gasteiger partial charge < -0.3 is 15.4 Å². The van der Waals surface area contributed by atoms with E-state index in [1.54, 1.807) is 0 Å². The number of carbonyl (C=O) groups excluding carboxylic acids is 1. The lowest BCUT2D eigenvalue weighted by molar-refractivity contribution is -0.122. The van der Waals surface area contributed by atoms with E-state index in [4.69, 9.17) is 4.74 Å². The van der Waals surface area contributed by atoms with Crippen molar-refractivity contribution in [3.63, 3.8) is 0 Å². The van der Waals surface area contributed by atoms with Gasteiger partial charge in [0.05, 0.1) is 0 Å². The molecule has 1 atom stereocenters. The van der Waals surface area contributed by atoms with Gasteiger partial charge in [-0.25, -0.2) is 0 Å². The predicted octanol–water partition coefficient (Wildman–Crippen LogP) is 1.55. The average Bonchev–Trinajstić information content (AvgIpc) is 2.90. The third kappa shape index (κ3) is 4.46. The monoisotopic (exact) mass is 268 g/mol. The van der Waals surface area contributed by atoms with Crippen molar-refractivity contribution in [1.82, 2.24) is 10.6 Å². The zero-order valence-corrected chi connectivity index (χ0v) is 12.3. The van der Waals surface area contributed by atoms with Crippen molar-refractivity contribution in [2.24, 2.45) is 17.3 Å². The second-order valence-corrected chi connectivity index (χ2v) is 6.71. The van der Waals surface area contributed by atoms with Gasteiger partial charge >= 0.3 is 0 Å². The molecular weight excluding hydrogens is 240 g/mol. The maximum atomic E-state index is 12.0. The Labute approximate surface area is 116 Å². The van der Waals surface area contributed by atoms with E-state index >= 15 is 0 Å². The van der Waals surface area contributed by atoms with Gasteiger partial charge in [-0.05, 0) is 49.6 Å². The molecular formula is C15H28N2O2. The quantitative estimate of drug-likeness (QED) is 0.795. The topological polar surface area (TPSA) is 50.4 Å². The fourth-order valence-electron chi connectivity index (χ4n) is 3.17. The average molecular weight is 268 g/mol. The predicted molar refractivity (Wildman–Crippen MR) is 75.9 cm³/mol. The van der Waals surface area contributed by atoms with Crippen molar-refractivity contribution in [2.45, 2.75) is 39.5 Å². The van der Waals surface area contributed by atoms with Crippen molar-refractivity contribution >= 4 is 5.91 Å². The first kappa shape index (κ1) is 14.8. The highest BCUT2D eigenvalue weighted by Gasteiger charge is 2.31. The minimum atomic E-state index is 0.174. The molecule has 0 aromatic carbocycles. The highest BCUT2D eigenvalue weighted by Crippen LogP contribution is 2.33. The summed E-state index contributed by atoms with van der Waals surface area (Å²) >= 11 is 0. The molecule has 0 radical (unpaired) electrons. The molecule has 4 heteroatoms. The summed E-state index contributed by atoms with van der Waals surface area (Å²) in [5.74, 6) is 1.41. The standard InChI is InChI=1S/C15H28N2O2/c1-15(2,13-4-7-19-8-5-13)11-17-14(18)9-12-3-6-16-10-12/h12-13,16H,3-11H2,1-2H3,(H,17,18). The Balaban J connectivity index is 1.71. The van der Waals surface area contributed by atoms with Crippen LogP contribution in [0.3, 0.4) is 0 Å². The van der Waals surface area contributed by atoms with Crippen LogP contribution < -0.4 is 10.6 Å². The van der Waals surface area contributed by atoms with Crippen molar-refractivity contribution in [1.29, 1.82) is 0 Å². The summed E-state index contributed by atoms with van der Waals surface area (Å²) in [6.45, 7) is 9.12. The molecule has 2 heterocycles. The smallest absolute Gasteiger partial charge is 0.220 e. The number of nitrogens with one attached hydrogen (secondary N) is 2. The second-order valence-electron chi connectivity index (χ2n) is 6.71. The number of hydrogen-bond donors (Lipinski definition) is 2. The maximum absolute atomic E-state index is 12.0. The lowest BCUT2D eigenvalue weighted by Gasteiger charge is -2.37. The van der Waals surface area contributed by atoms with E-state index in [0.717, 1.165) is 52.1 Å². The molecule has 0 bridgehead atoms. The summed E-state index contributed by atoms with van der Waals surface area (Å²) < 4.78 is 5.41. The van der Waals surface area contributed by atoms with Crippen molar-refractivity contribution in [3.05, 3.63) is 0 Å². The normalized spacial score (nSPS) is 25.5. The maximum Gasteiger partial charge on any atom is 0.220 e. The Morgan fingerprint density at radius 3 is 2.68 bits per heavy atom. The summed E-state index contributed by atoms with van der Waals surface area (Å²) in [4.78, 5) is 12.0. The molecule has 2 N–H and O–H groups in total. The molecule has 0 saturated carbocycles. The number of rotatable bonds is 5. The van der Waals surface area contributed by atoms with E-state index in [-0.39, 0.29) is 11.3 Å². The van der Waals surface area contributed by atoms with Crippen LogP contribution in [0.4, 0.5) is 0 Å². The van der Waals surface area contributed by atoms with Crippen molar-refractivity contribution in [2.75, 3.05) is 32.8 Å². The summed E-state index contributed by atoms with van der Waals surface area (Å²) in [6, 6.07) is 0. The van der Waals surface area contributed by atoms with Crippen molar-refractivity contribution < 1.29 is 9.53 Å². The van der Waals surface area contributed by atoms with Crippen LogP contribution in [-0.4, -0.2) is 38.8 Å². The lowest BCUT2D eigenvalue weighted by Crippen LogP contribution is -2.41. The molecule has 0 aromatic heterocycles. The van der Waals surface area contributed by atoms with Gasteiger partial charge in [-0.1, -0.05) is 13.8 Å². The Hall–Kier alpha value is -0.610. The van der Waals surface area contributed by atoms with Gasteiger partial charge in [-0.3, -0.25) is 4.79 Å². The van der Waals surface area contributed by atoms with E-state index in [2.05, 4.69) is 24.5 Å². The van der Waals surface area contributed by atoms with Gasteiger partial charge in [-0.15, -0.1) is 0 Å². The van der Waals surface area contributed by atoms with Crippen LogP contribution in [0.2, 0.25) is 0 Å². The Bertz CT molecular complexity index is 293. The lowest BCUT2D eigenvalue weighted by atomic mass is 9.74. The highest BCUT2D eigenvalue weighted by molar-refractivity contribution is 5.76. The molecule has 0 aliphatic carbocycles. The first-order chi connectivity index (χ1) is 9.08. The fraction of sp³-hybridized carbons (Fsp3) is 0.933. The van der Waals surface area contributed by atoms with E-state index in [9.17, 15) is 4.79 Å². The van der Waals surface area contributed by atoms with Crippen molar-refractivity contribution in [3.8, 4) is 0 Å². The highest BCUT2D eigenvalue weighted by atomic mass is 16.5. The molecule has 0 spiro atoms. The molecule has 2 aliphatic heterocycles. The number of hydrogen-bond acceptors (Lipinski definition) is 3. The molecule has 0 aromatic rings. The van der Waals surface area contributed by atoms with Gasteiger partial charge in [-0.2, -0.15) is 0 Å². The fourth-order valence-corrected chi connectivity index (χ4v) is 3.17. The minimum absolute atomic E-state index is 0.174. The Morgan fingerprint density at radius 2 is 2.05 bits per heavy atom. The Morgan fingerprint density at radius 1 is 1.32 bits per heavy atom. The van der Waals surface area contributed by atoms with Gasteiger partial charge in [0.25, 0.3) is 0 Å². The zero-order chi connectivity index (χ0) is 13.7. The number of ether oxygens (including phenoxy) is 1. The minimum Gasteiger partial charge on any atom is -0.381 e. The molecule has 1 unspecified atom stereocenters. The van der Waals surface area contributed by atoms with E-state index < -0.39 is 0 Å². The molecule has 110 valence electrons. The first-order valence-electron chi connectivity index (χ1n) is 7.63. The molecule has 1 amide bonds. The van der Waals surface area contributed by atoms with Gasteiger partial charge in [0, 0.05) is 26.2 Å². The Kier molecular flexibility index (Phi) is 5.22. The molecule has 2 fully saturated rings. The van der Waals surface area contributed by atoms with Gasteiger partial charge in [0.1, 0.15) is 0 Å². The van der Waals surface area contributed by atoms with Crippen LogP contribution in [0.5, 0.6) is 0 Å². The van der Waals surface area contributed by atoms with Gasteiger partial charge in [0.2, 0.25) is 5.91 Å². The van der Waals surface area contributed by atoms with Crippen LogP contribution in [0.25, 0.3) is 0 Å². The first-order valence-corrected chi connectivity index (χ1v) is 7.63. The molecule has 2 saturated heterocycles. The molecule has 2 aliphatic rings. The van der Waals surface area contributed by atoms with E-state index in [1.807, 2.05) is 0 Å². The third-order valence-electron chi connectivity index (χ3n) is 4.70. The number of carbonyl (C=O) groups is 1. The van der Waals surface area contributed by atoms with Crippen LogP contribution in [-0.2, 0) is 9.53 Å². The van der Waals surface area contributed by atoms with E-state index in [1.165, 1.54) is 0 Å². The number of amides is 1. The third-order valence-corrected chi connectivity index (χ3v) is 4.70. The van der Waals surface area contributed by atoms with Crippen LogP contribution in [0, 0.1) is 17.3 Å². The van der Waals surface area contributed by atoms with Crippen LogP contribution in [0.1, 0.15) is 39.5 Å². The zero-order valence-electron chi connectivity index (χ0n) is 12.3. The summed E-state index contributed by atoms with van der Waals surface area (Å²) in [5, 5.41) is 6.45. The molecule has 19 heavy (non-hydrogen) atoms. The SMILES string of the molecule is CC(C)(CNC(=O)CC1CCNC1)C1CCOCC1. The largest absolute Gasteiger partial charge is 0.381 e. The van der Waals surface area contributed by atoms with Gasteiger partial charge in [0.15, 0.2) is 0 Å². The van der Waals surface area contributed by atoms with E-state index in [0.29, 0.717) is 18.3 Å². The molecule has 2 rings (SSSR count). The van der Waals surface area contributed by atoms with Crippen LogP contribution in [0.15, 0.2) is 0 Å². The summed E-state index contributed by atoms with van der Waals surface area (Å²) in [6.07, 6.45) is 4.05. The van der Waals surface area contributed by atoms with Crippen LogP contribution >= 0.6 is 0 Å². The summed E-state index contributed by atoms with van der Waals surface area (Å²) in [5.41, 5.74) is 0.174. The molecule has 4 nitrogen and oxygen atoms in total. The second kappa shape index (κ2) is 6.71. The summed E-state index contributed by atoms with van der Waals surface area (Å²) in [7, 11) is 0.